The molecule has 1 aromatic carbocycles. The van der Waals surface area contributed by atoms with Gasteiger partial charge >= 0.3 is 6.03 Å². The molecule has 3 aromatic rings. The molecule has 2 aromatic heterocycles. The van der Waals surface area contributed by atoms with E-state index >= 15 is 0 Å². The second kappa shape index (κ2) is 6.93. The number of urea groups is 1. The van der Waals surface area contributed by atoms with Gasteiger partial charge in [-0.3, -0.25) is 0 Å². The van der Waals surface area contributed by atoms with Gasteiger partial charge < -0.3 is 14.6 Å². The van der Waals surface area contributed by atoms with Gasteiger partial charge in [-0.2, -0.15) is 0 Å². The molecule has 0 bridgehead atoms. The van der Waals surface area contributed by atoms with Gasteiger partial charge in [-0.1, -0.05) is 29.8 Å². The van der Waals surface area contributed by atoms with E-state index in [0.29, 0.717) is 12.2 Å². The third-order valence-electron chi connectivity index (χ3n) is 3.93. The molecule has 0 saturated carbocycles. The van der Waals surface area contributed by atoms with E-state index < -0.39 is 0 Å². The summed E-state index contributed by atoms with van der Waals surface area (Å²) in [6.45, 7) is 4.39. The molecule has 0 aliphatic carbocycles. The minimum Gasteiger partial charge on any atom is -0.459 e. The van der Waals surface area contributed by atoms with Gasteiger partial charge in [0, 0.05) is 18.1 Å². The fraction of sp³-hybridized carbons (Fsp3) is 0.222. The Morgan fingerprint density at radius 3 is 2.83 bits per heavy atom. The van der Waals surface area contributed by atoms with E-state index in [4.69, 9.17) is 16.0 Å². The van der Waals surface area contributed by atoms with Crippen LogP contribution in [0.4, 0.5) is 10.5 Å². The SMILES string of the molecule is CCN(C(=O)Nc1cccnc1Cl)[C@@H](C)c1cc2ccccc2o1. The van der Waals surface area contributed by atoms with Crippen molar-refractivity contribution < 1.29 is 9.21 Å². The maximum absolute atomic E-state index is 12.6. The lowest BCUT2D eigenvalue weighted by Gasteiger charge is -2.26. The Morgan fingerprint density at radius 1 is 1.33 bits per heavy atom. The first-order valence-corrected chi connectivity index (χ1v) is 8.14. The molecular weight excluding hydrogens is 326 g/mol. The average Bonchev–Trinajstić information content (AvgIpc) is 3.01. The number of para-hydroxylation sites is 1. The van der Waals surface area contributed by atoms with Gasteiger partial charge in [0.15, 0.2) is 5.15 Å². The van der Waals surface area contributed by atoms with E-state index in [1.807, 2.05) is 44.2 Å². The highest BCUT2D eigenvalue weighted by molar-refractivity contribution is 6.32. The molecule has 0 saturated heterocycles. The summed E-state index contributed by atoms with van der Waals surface area (Å²) in [5.74, 6) is 0.741. The van der Waals surface area contributed by atoms with E-state index in [2.05, 4.69) is 10.3 Å². The molecular formula is C18H18ClN3O2. The number of benzene rings is 1. The van der Waals surface area contributed by atoms with Crippen LogP contribution in [-0.4, -0.2) is 22.5 Å². The molecule has 2 amide bonds. The highest BCUT2D eigenvalue weighted by Gasteiger charge is 2.23. The van der Waals surface area contributed by atoms with Crippen LogP contribution in [0.1, 0.15) is 25.6 Å². The molecule has 1 atom stereocenters. The normalized spacial score (nSPS) is 12.1. The number of aromatic nitrogens is 1. The number of hydrogen-bond donors (Lipinski definition) is 1. The van der Waals surface area contributed by atoms with Crippen molar-refractivity contribution in [3.05, 3.63) is 59.6 Å². The molecule has 0 aliphatic heterocycles. The monoisotopic (exact) mass is 343 g/mol. The molecule has 0 aliphatic rings. The summed E-state index contributed by atoms with van der Waals surface area (Å²) in [5.41, 5.74) is 1.30. The van der Waals surface area contributed by atoms with Crippen molar-refractivity contribution >= 4 is 34.3 Å². The fourth-order valence-electron chi connectivity index (χ4n) is 2.62. The average molecular weight is 344 g/mol. The van der Waals surface area contributed by atoms with Crippen molar-refractivity contribution in [2.24, 2.45) is 0 Å². The Morgan fingerprint density at radius 2 is 2.12 bits per heavy atom. The van der Waals surface area contributed by atoms with Crippen LogP contribution in [0.15, 0.2) is 53.1 Å². The first kappa shape index (κ1) is 16.3. The Labute approximate surface area is 145 Å². The molecule has 0 unspecified atom stereocenters. The van der Waals surface area contributed by atoms with Gasteiger partial charge in [0.25, 0.3) is 0 Å². The van der Waals surface area contributed by atoms with Crippen molar-refractivity contribution in [1.29, 1.82) is 0 Å². The largest absolute Gasteiger partial charge is 0.459 e. The van der Waals surface area contributed by atoms with Crippen molar-refractivity contribution in [3.63, 3.8) is 0 Å². The third kappa shape index (κ3) is 3.21. The third-order valence-corrected chi connectivity index (χ3v) is 4.23. The summed E-state index contributed by atoms with van der Waals surface area (Å²) in [7, 11) is 0. The quantitative estimate of drug-likeness (QED) is 0.671. The van der Waals surface area contributed by atoms with Crippen molar-refractivity contribution in [2.45, 2.75) is 19.9 Å². The first-order chi connectivity index (χ1) is 11.6. The van der Waals surface area contributed by atoms with Gasteiger partial charge in [0.2, 0.25) is 0 Å². The number of nitrogens with one attached hydrogen (secondary N) is 1. The molecule has 3 rings (SSSR count). The van der Waals surface area contributed by atoms with E-state index in [-0.39, 0.29) is 17.2 Å². The van der Waals surface area contributed by atoms with Crippen LogP contribution in [0.3, 0.4) is 0 Å². The number of carbonyl (C=O) groups excluding carboxylic acids is 1. The first-order valence-electron chi connectivity index (χ1n) is 7.76. The number of fused-ring (bicyclic) bond motifs is 1. The molecule has 0 spiro atoms. The maximum Gasteiger partial charge on any atom is 0.322 e. The molecule has 0 radical (unpaired) electrons. The number of carbonyl (C=O) groups is 1. The molecule has 6 heteroatoms. The molecule has 5 nitrogen and oxygen atoms in total. The summed E-state index contributed by atoms with van der Waals surface area (Å²) < 4.78 is 5.88. The number of hydrogen-bond acceptors (Lipinski definition) is 3. The lowest BCUT2D eigenvalue weighted by atomic mass is 10.2. The van der Waals surface area contributed by atoms with E-state index in [0.717, 1.165) is 16.7 Å². The Bertz CT molecular complexity index is 829. The maximum atomic E-state index is 12.6. The Hall–Kier alpha value is -2.53. The highest BCUT2D eigenvalue weighted by Crippen LogP contribution is 2.28. The van der Waals surface area contributed by atoms with Crippen LogP contribution >= 0.6 is 11.6 Å². The molecule has 1 N–H and O–H groups in total. The summed E-state index contributed by atoms with van der Waals surface area (Å²) in [6.07, 6.45) is 1.58. The molecule has 2 heterocycles. The Kier molecular flexibility index (Phi) is 4.71. The van der Waals surface area contributed by atoms with Gasteiger partial charge in [0.1, 0.15) is 11.3 Å². The topological polar surface area (TPSA) is 58.4 Å². The molecule has 24 heavy (non-hydrogen) atoms. The van der Waals surface area contributed by atoms with E-state index in [1.165, 1.54) is 0 Å². The smallest absolute Gasteiger partial charge is 0.322 e. The number of rotatable bonds is 4. The lowest BCUT2D eigenvalue weighted by Crippen LogP contribution is -2.36. The summed E-state index contributed by atoms with van der Waals surface area (Å²) in [4.78, 5) is 18.3. The minimum absolute atomic E-state index is 0.210. The van der Waals surface area contributed by atoms with Crippen molar-refractivity contribution in [1.82, 2.24) is 9.88 Å². The second-order valence-corrected chi connectivity index (χ2v) is 5.78. The predicted octanol–water partition coefficient (Wildman–Crippen LogP) is 5.10. The van der Waals surface area contributed by atoms with E-state index in [1.54, 1.807) is 23.2 Å². The zero-order valence-corrected chi connectivity index (χ0v) is 14.2. The Balaban J connectivity index is 1.81. The van der Waals surface area contributed by atoms with Gasteiger partial charge in [-0.25, -0.2) is 9.78 Å². The second-order valence-electron chi connectivity index (χ2n) is 5.42. The molecule has 124 valence electrons. The number of amides is 2. The lowest BCUT2D eigenvalue weighted by molar-refractivity contribution is 0.189. The van der Waals surface area contributed by atoms with Crippen molar-refractivity contribution in [2.75, 3.05) is 11.9 Å². The van der Waals surface area contributed by atoms with Crippen molar-refractivity contribution in [3.8, 4) is 0 Å². The van der Waals surface area contributed by atoms with Crippen LogP contribution in [0.25, 0.3) is 11.0 Å². The minimum atomic E-state index is -0.250. The number of nitrogens with zero attached hydrogens (tertiary/aromatic N) is 2. The fourth-order valence-corrected chi connectivity index (χ4v) is 2.79. The zero-order chi connectivity index (χ0) is 17.1. The standard InChI is InChI=1S/C18H18ClN3O2/c1-3-22(18(23)21-14-8-6-10-20-17(14)19)12(2)16-11-13-7-4-5-9-15(13)24-16/h4-12H,3H2,1-2H3,(H,21,23)/t12-/m0/s1. The van der Waals surface area contributed by atoms with Crippen LogP contribution in [0.2, 0.25) is 5.15 Å². The number of halogens is 1. The van der Waals surface area contributed by atoms with Crippen LogP contribution in [0, 0.1) is 0 Å². The van der Waals surface area contributed by atoms with Crippen LogP contribution < -0.4 is 5.32 Å². The van der Waals surface area contributed by atoms with Gasteiger partial charge in [-0.15, -0.1) is 0 Å². The number of anilines is 1. The van der Waals surface area contributed by atoms with Crippen LogP contribution in [0.5, 0.6) is 0 Å². The van der Waals surface area contributed by atoms with Crippen LogP contribution in [-0.2, 0) is 0 Å². The van der Waals surface area contributed by atoms with E-state index in [9.17, 15) is 4.79 Å². The summed E-state index contributed by atoms with van der Waals surface area (Å²) >= 11 is 6.00. The van der Waals surface area contributed by atoms with Gasteiger partial charge in [0.05, 0.1) is 11.7 Å². The number of pyridine rings is 1. The van der Waals surface area contributed by atoms with Gasteiger partial charge in [-0.05, 0) is 38.1 Å². The molecule has 0 fully saturated rings. The summed E-state index contributed by atoms with van der Waals surface area (Å²) in [5, 5.41) is 4.08. The highest BCUT2D eigenvalue weighted by atomic mass is 35.5. The number of furan rings is 1. The zero-order valence-electron chi connectivity index (χ0n) is 13.5. The summed E-state index contributed by atoms with van der Waals surface area (Å²) in [6, 6.07) is 12.7. The predicted molar refractivity (Wildman–Crippen MR) is 95.3 cm³/mol.